The standard InChI is InChI=1S/C11H16N2O2/c1-7(11(14)15)5-9-6-12-13-10(9)8-3-2-4-8/h6-8H,2-5H2,1H3,(H,12,13)(H,14,15). The smallest absolute Gasteiger partial charge is 0.306 e. The van der Waals surface area contributed by atoms with Gasteiger partial charge in [-0.15, -0.1) is 0 Å². The Kier molecular flexibility index (Phi) is 2.75. The van der Waals surface area contributed by atoms with E-state index in [0.717, 1.165) is 11.3 Å². The van der Waals surface area contributed by atoms with Crippen molar-refractivity contribution in [3.63, 3.8) is 0 Å². The van der Waals surface area contributed by atoms with Gasteiger partial charge in [0.1, 0.15) is 0 Å². The molecule has 1 aromatic rings. The normalized spacial score (nSPS) is 18.5. The van der Waals surface area contributed by atoms with Crippen molar-refractivity contribution in [3.05, 3.63) is 17.5 Å². The molecule has 0 spiro atoms. The minimum atomic E-state index is -0.740. The van der Waals surface area contributed by atoms with E-state index in [1.807, 2.05) is 0 Å². The Morgan fingerprint density at radius 1 is 1.73 bits per heavy atom. The van der Waals surface area contributed by atoms with E-state index in [4.69, 9.17) is 5.11 Å². The SMILES string of the molecule is CC(Cc1cn[nH]c1C1CCC1)C(=O)O. The van der Waals surface area contributed by atoms with E-state index in [-0.39, 0.29) is 5.92 Å². The van der Waals surface area contributed by atoms with Crippen molar-refractivity contribution in [2.24, 2.45) is 5.92 Å². The summed E-state index contributed by atoms with van der Waals surface area (Å²) in [6.07, 6.45) is 6.04. The zero-order valence-corrected chi connectivity index (χ0v) is 8.86. The predicted molar refractivity (Wildman–Crippen MR) is 55.7 cm³/mol. The van der Waals surface area contributed by atoms with E-state index in [2.05, 4.69) is 10.2 Å². The summed E-state index contributed by atoms with van der Waals surface area (Å²) in [5.41, 5.74) is 2.24. The summed E-state index contributed by atoms with van der Waals surface area (Å²) in [7, 11) is 0. The molecule has 1 aromatic heterocycles. The lowest BCUT2D eigenvalue weighted by molar-refractivity contribution is -0.141. The lowest BCUT2D eigenvalue weighted by Gasteiger charge is -2.25. The summed E-state index contributed by atoms with van der Waals surface area (Å²) < 4.78 is 0. The number of nitrogens with zero attached hydrogens (tertiary/aromatic N) is 1. The van der Waals surface area contributed by atoms with Crippen LogP contribution >= 0.6 is 0 Å². The van der Waals surface area contributed by atoms with Crippen LogP contribution in [-0.4, -0.2) is 21.3 Å². The van der Waals surface area contributed by atoms with Gasteiger partial charge in [-0.05, 0) is 24.8 Å². The second-order valence-electron chi connectivity index (χ2n) is 4.38. The Hall–Kier alpha value is -1.32. The van der Waals surface area contributed by atoms with E-state index < -0.39 is 5.97 Å². The topological polar surface area (TPSA) is 66.0 Å². The summed E-state index contributed by atoms with van der Waals surface area (Å²) in [6, 6.07) is 0. The number of aliphatic carboxylic acids is 1. The molecule has 1 aliphatic rings. The van der Waals surface area contributed by atoms with Crippen LogP contribution in [0.15, 0.2) is 6.20 Å². The molecule has 0 aromatic carbocycles. The second-order valence-corrected chi connectivity index (χ2v) is 4.38. The number of carboxylic acids is 1. The van der Waals surface area contributed by atoms with Crippen LogP contribution in [0.1, 0.15) is 43.4 Å². The van der Waals surface area contributed by atoms with Crippen molar-refractivity contribution in [1.29, 1.82) is 0 Å². The average molecular weight is 208 g/mol. The number of hydrogen-bond donors (Lipinski definition) is 2. The van der Waals surface area contributed by atoms with Crippen LogP contribution in [-0.2, 0) is 11.2 Å². The van der Waals surface area contributed by atoms with Crippen LogP contribution in [0.4, 0.5) is 0 Å². The zero-order valence-electron chi connectivity index (χ0n) is 8.86. The van der Waals surface area contributed by atoms with Gasteiger partial charge in [-0.1, -0.05) is 13.3 Å². The first-order valence-corrected chi connectivity index (χ1v) is 5.43. The largest absolute Gasteiger partial charge is 0.481 e. The van der Waals surface area contributed by atoms with Gasteiger partial charge in [-0.2, -0.15) is 5.10 Å². The number of aromatic nitrogens is 2. The number of carboxylic acid groups (broad SMARTS) is 1. The van der Waals surface area contributed by atoms with E-state index in [1.54, 1.807) is 13.1 Å². The fourth-order valence-electron chi connectivity index (χ4n) is 1.95. The van der Waals surface area contributed by atoms with Gasteiger partial charge in [-0.3, -0.25) is 9.89 Å². The maximum atomic E-state index is 10.8. The molecule has 1 aliphatic carbocycles. The zero-order chi connectivity index (χ0) is 10.8. The molecule has 2 N–H and O–H groups in total. The average Bonchev–Trinajstić information content (AvgIpc) is 2.50. The lowest BCUT2D eigenvalue weighted by Crippen LogP contribution is -2.16. The van der Waals surface area contributed by atoms with Gasteiger partial charge in [0.05, 0.1) is 12.1 Å². The number of rotatable bonds is 4. The highest BCUT2D eigenvalue weighted by molar-refractivity contribution is 5.69. The van der Waals surface area contributed by atoms with Crippen LogP contribution in [0.3, 0.4) is 0 Å². The molecule has 15 heavy (non-hydrogen) atoms. The van der Waals surface area contributed by atoms with Crippen LogP contribution < -0.4 is 0 Å². The molecule has 2 rings (SSSR count). The number of hydrogen-bond acceptors (Lipinski definition) is 2. The van der Waals surface area contributed by atoms with Gasteiger partial charge in [0.2, 0.25) is 0 Å². The third-order valence-corrected chi connectivity index (χ3v) is 3.21. The van der Waals surface area contributed by atoms with Gasteiger partial charge >= 0.3 is 5.97 Å². The molecule has 1 atom stereocenters. The summed E-state index contributed by atoms with van der Waals surface area (Å²) in [5.74, 6) is -0.485. The highest BCUT2D eigenvalue weighted by Gasteiger charge is 2.25. The molecule has 0 amide bonds. The summed E-state index contributed by atoms with van der Waals surface area (Å²) >= 11 is 0. The van der Waals surface area contributed by atoms with E-state index >= 15 is 0 Å². The van der Waals surface area contributed by atoms with Crippen molar-refractivity contribution in [2.45, 2.75) is 38.5 Å². The quantitative estimate of drug-likeness (QED) is 0.794. The van der Waals surface area contributed by atoms with Gasteiger partial charge in [0.15, 0.2) is 0 Å². The van der Waals surface area contributed by atoms with Gasteiger partial charge in [-0.25, -0.2) is 0 Å². The van der Waals surface area contributed by atoms with Crippen molar-refractivity contribution in [1.82, 2.24) is 10.2 Å². The van der Waals surface area contributed by atoms with Gasteiger partial charge in [0, 0.05) is 11.6 Å². The monoisotopic (exact) mass is 208 g/mol. The Labute approximate surface area is 88.7 Å². The fourth-order valence-corrected chi connectivity index (χ4v) is 1.95. The summed E-state index contributed by atoms with van der Waals surface area (Å²) in [5, 5.41) is 15.9. The molecule has 1 fully saturated rings. The highest BCUT2D eigenvalue weighted by Crippen LogP contribution is 2.37. The molecule has 0 saturated heterocycles. The summed E-state index contributed by atoms with van der Waals surface area (Å²) in [6.45, 7) is 1.74. The Morgan fingerprint density at radius 2 is 2.47 bits per heavy atom. The van der Waals surface area contributed by atoms with Crippen LogP contribution in [0.2, 0.25) is 0 Å². The molecule has 1 unspecified atom stereocenters. The second kappa shape index (κ2) is 4.04. The predicted octanol–water partition coefficient (Wildman–Crippen LogP) is 1.94. The molecule has 0 bridgehead atoms. The maximum absolute atomic E-state index is 10.8. The minimum absolute atomic E-state index is 0.332. The van der Waals surface area contributed by atoms with Crippen LogP contribution in [0, 0.1) is 5.92 Å². The fraction of sp³-hybridized carbons (Fsp3) is 0.636. The van der Waals surface area contributed by atoms with Crippen molar-refractivity contribution < 1.29 is 9.90 Å². The Morgan fingerprint density at radius 3 is 3.00 bits per heavy atom. The van der Waals surface area contributed by atoms with Crippen LogP contribution in [0.25, 0.3) is 0 Å². The molecule has 4 nitrogen and oxygen atoms in total. The summed E-state index contributed by atoms with van der Waals surface area (Å²) in [4.78, 5) is 10.8. The number of H-pyrrole nitrogens is 1. The molecule has 82 valence electrons. The van der Waals surface area contributed by atoms with Gasteiger partial charge < -0.3 is 5.11 Å². The lowest BCUT2D eigenvalue weighted by atomic mass is 9.80. The Balaban J connectivity index is 2.07. The first-order chi connectivity index (χ1) is 7.18. The van der Waals surface area contributed by atoms with Gasteiger partial charge in [0.25, 0.3) is 0 Å². The molecular formula is C11H16N2O2. The number of aromatic amines is 1. The highest BCUT2D eigenvalue weighted by atomic mass is 16.4. The molecule has 1 saturated carbocycles. The molecule has 4 heteroatoms. The first kappa shape index (κ1) is 10.2. The third kappa shape index (κ3) is 2.03. The van der Waals surface area contributed by atoms with E-state index in [1.165, 1.54) is 19.3 Å². The third-order valence-electron chi connectivity index (χ3n) is 3.21. The van der Waals surface area contributed by atoms with E-state index in [0.29, 0.717) is 12.3 Å². The maximum Gasteiger partial charge on any atom is 0.306 e. The number of carbonyl (C=O) groups is 1. The molecular weight excluding hydrogens is 192 g/mol. The van der Waals surface area contributed by atoms with Crippen molar-refractivity contribution >= 4 is 5.97 Å². The van der Waals surface area contributed by atoms with Crippen molar-refractivity contribution in [3.8, 4) is 0 Å². The molecule has 0 aliphatic heterocycles. The molecule has 0 radical (unpaired) electrons. The first-order valence-electron chi connectivity index (χ1n) is 5.43. The Bertz CT molecular complexity index is 355. The van der Waals surface area contributed by atoms with Crippen molar-refractivity contribution in [2.75, 3.05) is 0 Å². The number of nitrogens with one attached hydrogen (secondary N) is 1. The van der Waals surface area contributed by atoms with Crippen LogP contribution in [0.5, 0.6) is 0 Å². The van der Waals surface area contributed by atoms with E-state index in [9.17, 15) is 4.79 Å². The molecule has 1 heterocycles. The minimum Gasteiger partial charge on any atom is -0.481 e.